The number of ether oxygens (including phenoxy) is 2. The maximum Gasteiger partial charge on any atom is 0.337 e. The Hall–Kier alpha value is -4.94. The summed E-state index contributed by atoms with van der Waals surface area (Å²) < 4.78 is 9.38. The fourth-order valence-corrected chi connectivity index (χ4v) is 3.19. The second-order valence-electron chi connectivity index (χ2n) is 7.14. The van der Waals surface area contributed by atoms with Crippen LogP contribution in [0.3, 0.4) is 0 Å². The summed E-state index contributed by atoms with van der Waals surface area (Å²) >= 11 is 0. The Bertz CT molecular complexity index is 1230. The van der Waals surface area contributed by atoms with Crippen molar-refractivity contribution >= 4 is 35.2 Å². The highest BCUT2D eigenvalue weighted by Crippen LogP contribution is 2.23. The zero-order valence-corrected chi connectivity index (χ0v) is 18.6. The summed E-state index contributed by atoms with van der Waals surface area (Å²) in [6.07, 6.45) is 3.44. The molecule has 0 spiro atoms. The van der Waals surface area contributed by atoms with E-state index in [1.165, 1.54) is 14.2 Å². The predicted molar refractivity (Wildman–Crippen MR) is 129 cm³/mol. The lowest BCUT2D eigenvalue weighted by Crippen LogP contribution is -2.00. The topological polar surface area (TPSA) is 100 Å². The quantitative estimate of drug-likeness (QED) is 0.285. The monoisotopic (exact) mass is 448 g/mol. The van der Waals surface area contributed by atoms with E-state index >= 15 is 0 Å². The Balaban J connectivity index is 1.83. The average Bonchev–Trinajstić information content (AvgIpc) is 2.90. The molecule has 0 atom stereocenters. The molecule has 0 amide bonds. The highest BCUT2D eigenvalue weighted by atomic mass is 16.5. The summed E-state index contributed by atoms with van der Waals surface area (Å²) in [7, 11) is 2.64. The third-order valence-electron chi connectivity index (χ3n) is 5.03. The van der Waals surface area contributed by atoms with Gasteiger partial charge in [0, 0.05) is 0 Å². The minimum Gasteiger partial charge on any atom is -0.465 e. The van der Waals surface area contributed by atoms with E-state index in [1.807, 2.05) is 0 Å². The summed E-state index contributed by atoms with van der Waals surface area (Å²) in [6, 6.07) is 25.0. The Morgan fingerprint density at radius 2 is 0.882 bits per heavy atom. The Labute approximate surface area is 197 Å². The first kappa shape index (κ1) is 23.7. The molecule has 0 saturated heterocycles. The van der Waals surface area contributed by atoms with Crippen LogP contribution in [-0.2, 0) is 9.47 Å². The van der Waals surface area contributed by atoms with Gasteiger partial charge in [0.2, 0.25) is 0 Å². The SMILES string of the molecule is COC(=O)c1ccc(C=C(C#N)c2ccc(C(C#N)=Cc3ccc(C(=O)OC)cc3)cc2)cc1. The molecule has 0 N–H and O–H groups in total. The van der Waals surface area contributed by atoms with Crippen molar-refractivity contribution in [3.8, 4) is 12.1 Å². The number of hydrogen-bond acceptors (Lipinski definition) is 6. The van der Waals surface area contributed by atoms with Gasteiger partial charge in [0.25, 0.3) is 0 Å². The number of carbonyl (C=O) groups is 2. The smallest absolute Gasteiger partial charge is 0.337 e. The van der Waals surface area contributed by atoms with Gasteiger partial charge in [0.15, 0.2) is 0 Å². The molecule has 0 aliphatic carbocycles. The highest BCUT2D eigenvalue weighted by molar-refractivity contribution is 5.94. The average molecular weight is 448 g/mol. The Morgan fingerprint density at radius 1 is 0.588 bits per heavy atom. The van der Waals surface area contributed by atoms with Gasteiger partial charge in [-0.2, -0.15) is 10.5 Å². The van der Waals surface area contributed by atoms with E-state index in [2.05, 4.69) is 12.1 Å². The van der Waals surface area contributed by atoms with Crippen molar-refractivity contribution in [2.45, 2.75) is 0 Å². The molecule has 0 saturated carbocycles. The lowest BCUT2D eigenvalue weighted by atomic mass is 9.98. The Kier molecular flexibility index (Phi) is 7.73. The molecule has 0 radical (unpaired) electrons. The number of hydrogen-bond donors (Lipinski definition) is 0. The van der Waals surface area contributed by atoms with E-state index in [0.29, 0.717) is 33.4 Å². The molecule has 0 aliphatic rings. The first-order valence-electron chi connectivity index (χ1n) is 10.2. The van der Waals surface area contributed by atoms with Crippen molar-refractivity contribution in [3.63, 3.8) is 0 Å². The zero-order chi connectivity index (χ0) is 24.5. The van der Waals surface area contributed by atoms with Crippen LogP contribution in [0.25, 0.3) is 23.3 Å². The van der Waals surface area contributed by atoms with Gasteiger partial charge in [-0.25, -0.2) is 9.59 Å². The van der Waals surface area contributed by atoms with Crippen molar-refractivity contribution < 1.29 is 19.1 Å². The molecule has 3 rings (SSSR count). The third-order valence-corrected chi connectivity index (χ3v) is 5.03. The van der Waals surface area contributed by atoms with Gasteiger partial charge in [-0.05, 0) is 58.7 Å². The van der Waals surface area contributed by atoms with Crippen LogP contribution >= 0.6 is 0 Å². The minimum absolute atomic E-state index is 0.424. The van der Waals surface area contributed by atoms with Crippen LogP contribution in [-0.4, -0.2) is 26.2 Å². The summed E-state index contributed by atoms with van der Waals surface area (Å²) in [4.78, 5) is 23.1. The van der Waals surface area contributed by atoms with E-state index in [9.17, 15) is 20.1 Å². The maximum absolute atomic E-state index is 11.6. The first-order valence-corrected chi connectivity index (χ1v) is 10.2. The standard InChI is InChI=1S/C28H20N2O4/c1-33-27(31)23-7-3-19(4-8-23)15-25(17-29)21-11-13-22(14-12-21)26(18-30)16-20-5-9-24(10-6-20)28(32)34-2/h3-16H,1-2H3. The molecule has 0 unspecified atom stereocenters. The van der Waals surface area contributed by atoms with Crippen LogP contribution in [0.2, 0.25) is 0 Å². The first-order chi connectivity index (χ1) is 16.5. The van der Waals surface area contributed by atoms with Crippen LogP contribution in [0.5, 0.6) is 0 Å². The number of methoxy groups -OCH3 is 2. The van der Waals surface area contributed by atoms with Crippen molar-refractivity contribution in [3.05, 3.63) is 106 Å². The van der Waals surface area contributed by atoms with E-state index in [4.69, 9.17) is 9.47 Å². The predicted octanol–water partition coefficient (Wildman–Crippen LogP) is 5.39. The van der Waals surface area contributed by atoms with Gasteiger partial charge < -0.3 is 9.47 Å². The summed E-state index contributed by atoms with van der Waals surface area (Å²) in [5, 5.41) is 19.3. The summed E-state index contributed by atoms with van der Waals surface area (Å²) in [5.41, 5.74) is 4.67. The van der Waals surface area contributed by atoms with Crippen LogP contribution in [0.1, 0.15) is 43.0 Å². The second-order valence-corrected chi connectivity index (χ2v) is 7.14. The third kappa shape index (κ3) is 5.64. The lowest BCUT2D eigenvalue weighted by Gasteiger charge is -2.05. The maximum atomic E-state index is 11.6. The molecule has 3 aromatic carbocycles. The second kappa shape index (κ2) is 11.1. The number of nitrogens with zero attached hydrogens (tertiary/aromatic N) is 2. The van der Waals surface area contributed by atoms with Gasteiger partial charge in [0.05, 0.1) is 48.6 Å². The van der Waals surface area contributed by atoms with Crippen molar-refractivity contribution in [1.29, 1.82) is 10.5 Å². The van der Waals surface area contributed by atoms with Gasteiger partial charge >= 0.3 is 11.9 Å². The van der Waals surface area contributed by atoms with Crippen LogP contribution < -0.4 is 0 Å². The molecule has 166 valence electrons. The fourth-order valence-electron chi connectivity index (χ4n) is 3.19. The van der Waals surface area contributed by atoms with Crippen LogP contribution in [0.15, 0.2) is 72.8 Å². The Morgan fingerprint density at radius 3 is 1.15 bits per heavy atom. The van der Waals surface area contributed by atoms with E-state index in [-0.39, 0.29) is 0 Å². The lowest BCUT2D eigenvalue weighted by molar-refractivity contribution is 0.0592. The molecule has 6 nitrogen and oxygen atoms in total. The molecule has 0 bridgehead atoms. The van der Waals surface area contributed by atoms with Crippen molar-refractivity contribution in [2.75, 3.05) is 14.2 Å². The van der Waals surface area contributed by atoms with Crippen LogP contribution in [0.4, 0.5) is 0 Å². The van der Waals surface area contributed by atoms with Gasteiger partial charge in [0.1, 0.15) is 0 Å². The normalized spacial score (nSPS) is 11.2. The van der Waals surface area contributed by atoms with E-state index in [0.717, 1.165) is 11.1 Å². The number of nitriles is 2. The summed E-state index contributed by atoms with van der Waals surface area (Å²) in [6.45, 7) is 0. The molecule has 34 heavy (non-hydrogen) atoms. The number of esters is 2. The van der Waals surface area contributed by atoms with E-state index < -0.39 is 11.9 Å². The number of carbonyl (C=O) groups excluding carboxylic acids is 2. The summed E-state index contributed by atoms with van der Waals surface area (Å²) in [5.74, 6) is -0.847. The van der Waals surface area contributed by atoms with Gasteiger partial charge in [-0.15, -0.1) is 0 Å². The van der Waals surface area contributed by atoms with Crippen molar-refractivity contribution in [2.24, 2.45) is 0 Å². The van der Waals surface area contributed by atoms with Crippen molar-refractivity contribution in [1.82, 2.24) is 0 Å². The molecule has 0 aromatic heterocycles. The molecule has 0 fully saturated rings. The molecule has 0 aliphatic heterocycles. The zero-order valence-electron chi connectivity index (χ0n) is 18.6. The number of allylic oxidation sites excluding steroid dienone is 2. The largest absolute Gasteiger partial charge is 0.465 e. The molecule has 0 heterocycles. The molecular weight excluding hydrogens is 428 g/mol. The fraction of sp³-hybridized carbons (Fsp3) is 0.0714. The van der Waals surface area contributed by atoms with E-state index in [1.54, 1.807) is 84.9 Å². The van der Waals surface area contributed by atoms with Gasteiger partial charge in [-0.1, -0.05) is 48.5 Å². The van der Waals surface area contributed by atoms with Gasteiger partial charge in [-0.3, -0.25) is 0 Å². The molecular formula is C28H20N2O4. The highest BCUT2D eigenvalue weighted by Gasteiger charge is 2.08. The number of benzene rings is 3. The molecule has 6 heteroatoms. The minimum atomic E-state index is -0.424. The molecule has 3 aromatic rings. The number of rotatable bonds is 6. The van der Waals surface area contributed by atoms with Crippen LogP contribution in [0, 0.1) is 22.7 Å².